The zero-order chi connectivity index (χ0) is 17.0. The minimum Gasteiger partial charge on any atom is -0.346 e. The average Bonchev–Trinajstić information content (AvgIpc) is 2.50. The lowest BCUT2D eigenvalue weighted by Crippen LogP contribution is -2.35. The first kappa shape index (κ1) is 17.3. The van der Waals surface area contributed by atoms with E-state index in [9.17, 15) is 22.8 Å². The largest absolute Gasteiger partial charge is 0.405 e. The zero-order valence-electron chi connectivity index (χ0n) is 12.2. The van der Waals surface area contributed by atoms with Gasteiger partial charge < -0.3 is 5.32 Å². The Balaban J connectivity index is 2.17. The van der Waals surface area contributed by atoms with Crippen LogP contribution >= 0.6 is 11.8 Å². The van der Waals surface area contributed by atoms with Crippen LogP contribution in [-0.2, 0) is 11.3 Å². The van der Waals surface area contributed by atoms with Crippen LogP contribution in [0.25, 0.3) is 10.9 Å². The molecule has 2 rings (SSSR count). The Labute approximate surface area is 133 Å². The number of thioether (sulfide) groups is 1. The third-order valence-electron chi connectivity index (χ3n) is 2.96. The van der Waals surface area contributed by atoms with Gasteiger partial charge in [-0.15, -0.1) is 0 Å². The van der Waals surface area contributed by atoms with Crippen molar-refractivity contribution in [1.29, 1.82) is 0 Å². The van der Waals surface area contributed by atoms with Crippen LogP contribution in [0.3, 0.4) is 0 Å². The SMILES string of the molecule is CCn1c(SCC(=O)NCC(F)(F)F)nc2ccccc2c1=O. The third kappa shape index (κ3) is 4.47. The number of para-hydroxylation sites is 1. The van der Waals surface area contributed by atoms with Gasteiger partial charge in [-0.1, -0.05) is 23.9 Å². The fourth-order valence-electron chi connectivity index (χ4n) is 1.92. The van der Waals surface area contributed by atoms with Gasteiger partial charge in [0.15, 0.2) is 5.16 Å². The van der Waals surface area contributed by atoms with Crippen molar-refractivity contribution in [3.63, 3.8) is 0 Å². The number of alkyl halides is 3. The van der Waals surface area contributed by atoms with Crippen LogP contribution in [-0.4, -0.2) is 33.9 Å². The summed E-state index contributed by atoms with van der Waals surface area (Å²) in [7, 11) is 0. The number of rotatable bonds is 5. The zero-order valence-corrected chi connectivity index (χ0v) is 13.0. The second kappa shape index (κ2) is 7.03. The third-order valence-corrected chi connectivity index (χ3v) is 3.94. The summed E-state index contributed by atoms with van der Waals surface area (Å²) in [5, 5.41) is 2.54. The van der Waals surface area contributed by atoms with Crippen LogP contribution in [0, 0.1) is 0 Å². The smallest absolute Gasteiger partial charge is 0.346 e. The lowest BCUT2D eigenvalue weighted by Gasteiger charge is -2.11. The number of benzene rings is 1. The normalized spacial score (nSPS) is 11.7. The summed E-state index contributed by atoms with van der Waals surface area (Å²) < 4.78 is 37.5. The van der Waals surface area contributed by atoms with Gasteiger partial charge in [-0.05, 0) is 19.1 Å². The van der Waals surface area contributed by atoms with Crippen LogP contribution < -0.4 is 10.9 Å². The number of amides is 1. The second-order valence-electron chi connectivity index (χ2n) is 4.64. The molecule has 0 fully saturated rings. The fraction of sp³-hybridized carbons (Fsp3) is 0.357. The molecular formula is C14H14F3N3O2S. The summed E-state index contributed by atoms with van der Waals surface area (Å²) in [5.74, 6) is -1.02. The van der Waals surface area contributed by atoms with Crippen LogP contribution in [0.15, 0.2) is 34.2 Å². The van der Waals surface area contributed by atoms with E-state index in [2.05, 4.69) is 4.98 Å². The van der Waals surface area contributed by atoms with Gasteiger partial charge in [-0.25, -0.2) is 4.98 Å². The molecule has 23 heavy (non-hydrogen) atoms. The van der Waals surface area contributed by atoms with E-state index >= 15 is 0 Å². The molecule has 0 aliphatic heterocycles. The van der Waals surface area contributed by atoms with Gasteiger partial charge in [0.25, 0.3) is 5.56 Å². The maximum Gasteiger partial charge on any atom is 0.405 e. The van der Waals surface area contributed by atoms with Crippen molar-refractivity contribution in [3.05, 3.63) is 34.6 Å². The quantitative estimate of drug-likeness (QED) is 0.666. The number of carbonyl (C=O) groups is 1. The van der Waals surface area contributed by atoms with E-state index in [4.69, 9.17) is 0 Å². The highest BCUT2D eigenvalue weighted by atomic mass is 32.2. The van der Waals surface area contributed by atoms with Gasteiger partial charge in [0.05, 0.1) is 16.7 Å². The summed E-state index contributed by atoms with van der Waals surface area (Å²) in [5.41, 5.74) is 0.247. The molecule has 9 heteroatoms. The summed E-state index contributed by atoms with van der Waals surface area (Å²) in [6.07, 6.45) is -4.45. The molecule has 1 aromatic carbocycles. The van der Waals surface area contributed by atoms with Crippen molar-refractivity contribution < 1.29 is 18.0 Å². The molecule has 0 aliphatic rings. The maximum atomic E-state index is 12.3. The van der Waals surface area contributed by atoms with E-state index in [0.717, 1.165) is 11.8 Å². The van der Waals surface area contributed by atoms with Crippen molar-refractivity contribution >= 4 is 28.6 Å². The van der Waals surface area contributed by atoms with Crippen molar-refractivity contribution in [2.24, 2.45) is 0 Å². The molecule has 124 valence electrons. The number of nitrogens with zero attached hydrogens (tertiary/aromatic N) is 2. The number of hydrogen-bond acceptors (Lipinski definition) is 4. The standard InChI is InChI=1S/C14H14F3N3O2S/c1-2-20-12(22)9-5-3-4-6-10(9)19-13(20)23-7-11(21)18-8-14(15,16)17/h3-6H,2,7-8H2,1H3,(H,18,21). The first-order chi connectivity index (χ1) is 10.8. The molecule has 0 unspecified atom stereocenters. The average molecular weight is 345 g/mol. The molecule has 1 heterocycles. The van der Waals surface area contributed by atoms with E-state index in [-0.39, 0.29) is 11.3 Å². The Bertz CT molecular complexity index is 774. The molecule has 1 amide bonds. The van der Waals surface area contributed by atoms with E-state index in [1.165, 1.54) is 4.57 Å². The number of aromatic nitrogens is 2. The molecule has 1 aromatic heterocycles. The molecule has 0 aliphatic carbocycles. The summed E-state index contributed by atoms with van der Waals surface area (Å²) in [6, 6.07) is 6.78. The molecule has 0 bridgehead atoms. The molecule has 0 saturated heterocycles. The highest BCUT2D eigenvalue weighted by Gasteiger charge is 2.27. The first-order valence-electron chi connectivity index (χ1n) is 6.77. The van der Waals surface area contributed by atoms with Gasteiger partial charge >= 0.3 is 6.18 Å². The van der Waals surface area contributed by atoms with Crippen LogP contribution in [0.1, 0.15) is 6.92 Å². The van der Waals surface area contributed by atoms with Gasteiger partial charge in [-0.3, -0.25) is 14.2 Å². The molecule has 2 aromatic rings. The Morgan fingerprint density at radius 1 is 1.35 bits per heavy atom. The van der Waals surface area contributed by atoms with Crippen molar-refractivity contribution in [1.82, 2.24) is 14.9 Å². The highest BCUT2D eigenvalue weighted by molar-refractivity contribution is 7.99. The maximum absolute atomic E-state index is 12.3. The summed E-state index contributed by atoms with van der Waals surface area (Å²) in [4.78, 5) is 28.1. The Hall–Kier alpha value is -2.03. The number of fused-ring (bicyclic) bond motifs is 1. The van der Waals surface area contributed by atoms with Crippen molar-refractivity contribution in [2.45, 2.75) is 24.8 Å². The van der Waals surface area contributed by atoms with Crippen LogP contribution in [0.2, 0.25) is 0 Å². The van der Waals surface area contributed by atoms with Crippen molar-refractivity contribution in [2.75, 3.05) is 12.3 Å². The molecule has 5 nitrogen and oxygen atoms in total. The second-order valence-corrected chi connectivity index (χ2v) is 5.58. The van der Waals surface area contributed by atoms with Gasteiger partial charge in [0, 0.05) is 6.54 Å². The number of nitrogens with one attached hydrogen (secondary N) is 1. The van der Waals surface area contributed by atoms with E-state index in [1.54, 1.807) is 36.5 Å². The molecule has 0 saturated carbocycles. The van der Waals surface area contributed by atoms with Crippen LogP contribution in [0.5, 0.6) is 0 Å². The summed E-state index contributed by atoms with van der Waals surface area (Å²) >= 11 is 0.932. The predicted molar refractivity (Wildman–Crippen MR) is 81.5 cm³/mol. The van der Waals surface area contributed by atoms with Crippen LogP contribution in [0.4, 0.5) is 13.2 Å². The molecular weight excluding hydrogens is 331 g/mol. The first-order valence-corrected chi connectivity index (χ1v) is 7.76. The molecule has 0 radical (unpaired) electrons. The van der Waals surface area contributed by atoms with E-state index in [1.807, 2.05) is 0 Å². The molecule has 0 spiro atoms. The predicted octanol–water partition coefficient (Wildman–Crippen LogP) is 2.19. The minimum atomic E-state index is -4.45. The summed E-state index contributed by atoms with van der Waals surface area (Å²) in [6.45, 7) is 0.729. The lowest BCUT2D eigenvalue weighted by molar-refractivity contribution is -0.136. The number of carbonyl (C=O) groups excluding carboxylic acids is 1. The Morgan fingerprint density at radius 2 is 2.04 bits per heavy atom. The van der Waals surface area contributed by atoms with Crippen molar-refractivity contribution in [3.8, 4) is 0 Å². The van der Waals surface area contributed by atoms with Gasteiger partial charge in [0.2, 0.25) is 5.91 Å². The fourth-order valence-corrected chi connectivity index (χ4v) is 2.81. The minimum absolute atomic E-state index is 0.240. The number of hydrogen-bond donors (Lipinski definition) is 1. The van der Waals surface area contributed by atoms with Gasteiger partial charge in [0.1, 0.15) is 6.54 Å². The number of halogens is 3. The van der Waals surface area contributed by atoms with E-state index in [0.29, 0.717) is 22.6 Å². The Kier molecular flexibility index (Phi) is 5.30. The van der Waals surface area contributed by atoms with E-state index < -0.39 is 18.6 Å². The lowest BCUT2D eigenvalue weighted by atomic mass is 10.2. The molecule has 1 N–H and O–H groups in total. The Morgan fingerprint density at radius 3 is 2.70 bits per heavy atom. The molecule has 0 atom stereocenters. The highest BCUT2D eigenvalue weighted by Crippen LogP contribution is 2.18. The topological polar surface area (TPSA) is 64.0 Å². The monoisotopic (exact) mass is 345 g/mol. The van der Waals surface area contributed by atoms with Gasteiger partial charge in [-0.2, -0.15) is 13.2 Å².